The number of hydrogen-bond donors (Lipinski definition) is 1. The highest BCUT2D eigenvalue weighted by Gasteiger charge is 2.07. The molecule has 0 spiro atoms. The topological polar surface area (TPSA) is 82.5 Å². The summed E-state index contributed by atoms with van der Waals surface area (Å²) in [7, 11) is 0. The number of nitrogens with two attached hydrogens (primary N) is 1. The van der Waals surface area contributed by atoms with Gasteiger partial charge < -0.3 is 10.6 Å². The highest BCUT2D eigenvalue weighted by Crippen LogP contribution is 2.07. The number of aryl methyl sites for hydroxylation is 1. The van der Waals surface area contributed by atoms with Gasteiger partial charge in [-0.05, 0) is 24.4 Å². The summed E-state index contributed by atoms with van der Waals surface area (Å²) in [6.07, 6.45) is 1.62. The quantitative estimate of drug-likeness (QED) is 0.388. The van der Waals surface area contributed by atoms with Crippen LogP contribution in [-0.2, 0) is 16.2 Å². The molecule has 2 rings (SSSR count). The van der Waals surface area contributed by atoms with Crippen molar-refractivity contribution in [1.29, 1.82) is 0 Å². The predicted molar refractivity (Wildman–Crippen MR) is 68.1 cm³/mol. The van der Waals surface area contributed by atoms with Crippen molar-refractivity contribution in [2.24, 2.45) is 10.9 Å². The van der Waals surface area contributed by atoms with E-state index in [1.807, 2.05) is 18.4 Å². The second-order valence-electron chi connectivity index (χ2n) is 3.55. The van der Waals surface area contributed by atoms with Crippen molar-refractivity contribution >= 4 is 23.1 Å². The van der Waals surface area contributed by atoms with E-state index in [4.69, 9.17) is 10.6 Å². The van der Waals surface area contributed by atoms with Crippen molar-refractivity contribution in [3.8, 4) is 0 Å². The van der Waals surface area contributed by atoms with Crippen LogP contribution in [0.15, 0.2) is 34.9 Å². The van der Waals surface area contributed by atoms with Gasteiger partial charge >= 0.3 is 5.97 Å². The molecule has 0 saturated heterocycles. The monoisotopic (exact) mass is 264 g/mol. The molecular weight excluding hydrogens is 252 g/mol. The Labute approximate surface area is 108 Å². The number of amidine groups is 1. The SMILES string of the molecule is Cc1ccnn1CC(=O)O/N=C(\N)c1cccs1. The number of oxime groups is 1. The van der Waals surface area contributed by atoms with Crippen molar-refractivity contribution in [3.63, 3.8) is 0 Å². The van der Waals surface area contributed by atoms with Crippen molar-refractivity contribution in [3.05, 3.63) is 40.3 Å². The largest absolute Gasteiger partial charge is 0.380 e. The van der Waals surface area contributed by atoms with Gasteiger partial charge in [0.1, 0.15) is 6.54 Å². The molecular formula is C11H12N4O2S. The second-order valence-corrected chi connectivity index (χ2v) is 4.50. The third-order valence-corrected chi connectivity index (χ3v) is 3.12. The molecule has 2 aromatic rings. The average Bonchev–Trinajstić information content (AvgIpc) is 2.99. The summed E-state index contributed by atoms with van der Waals surface area (Å²) in [5.41, 5.74) is 6.53. The van der Waals surface area contributed by atoms with Crippen LogP contribution in [0.1, 0.15) is 10.6 Å². The molecule has 0 aromatic carbocycles. The minimum absolute atomic E-state index is 0.0139. The van der Waals surface area contributed by atoms with Crippen LogP contribution in [-0.4, -0.2) is 21.6 Å². The lowest BCUT2D eigenvalue weighted by molar-refractivity contribution is -0.144. The van der Waals surface area contributed by atoms with Gasteiger partial charge in [-0.15, -0.1) is 11.3 Å². The van der Waals surface area contributed by atoms with Crippen molar-refractivity contribution in [1.82, 2.24) is 9.78 Å². The molecule has 18 heavy (non-hydrogen) atoms. The Morgan fingerprint density at radius 2 is 2.44 bits per heavy atom. The first kappa shape index (κ1) is 12.3. The van der Waals surface area contributed by atoms with E-state index in [0.29, 0.717) is 0 Å². The summed E-state index contributed by atoms with van der Waals surface area (Å²) in [5.74, 6) is -0.322. The molecule has 2 heterocycles. The van der Waals surface area contributed by atoms with Crippen LogP contribution in [0, 0.1) is 6.92 Å². The molecule has 94 valence electrons. The number of thiophene rings is 1. The summed E-state index contributed by atoms with van der Waals surface area (Å²) in [6, 6.07) is 5.45. The maximum atomic E-state index is 11.5. The van der Waals surface area contributed by atoms with Crippen LogP contribution < -0.4 is 5.73 Å². The van der Waals surface area contributed by atoms with Gasteiger partial charge in [-0.2, -0.15) is 5.10 Å². The van der Waals surface area contributed by atoms with Crippen LogP contribution in [0.5, 0.6) is 0 Å². The van der Waals surface area contributed by atoms with E-state index in [-0.39, 0.29) is 12.4 Å². The maximum Gasteiger partial charge on any atom is 0.356 e. The summed E-state index contributed by atoms with van der Waals surface area (Å²) < 4.78 is 1.53. The summed E-state index contributed by atoms with van der Waals surface area (Å²) >= 11 is 1.43. The van der Waals surface area contributed by atoms with Gasteiger partial charge in [0.15, 0.2) is 5.84 Å². The summed E-state index contributed by atoms with van der Waals surface area (Å²) in [5, 5.41) is 9.43. The van der Waals surface area contributed by atoms with Crippen molar-refractivity contribution in [2.75, 3.05) is 0 Å². The average molecular weight is 264 g/mol. The van der Waals surface area contributed by atoms with Crippen LogP contribution >= 0.6 is 11.3 Å². The van der Waals surface area contributed by atoms with Gasteiger partial charge in [-0.25, -0.2) is 4.79 Å². The fraction of sp³-hybridized carbons (Fsp3) is 0.182. The first-order valence-corrected chi connectivity index (χ1v) is 6.10. The normalized spacial score (nSPS) is 11.5. The first-order valence-electron chi connectivity index (χ1n) is 5.22. The third-order valence-electron chi connectivity index (χ3n) is 2.23. The van der Waals surface area contributed by atoms with E-state index >= 15 is 0 Å². The highest BCUT2D eigenvalue weighted by molar-refractivity contribution is 7.12. The number of rotatable bonds is 4. The molecule has 0 radical (unpaired) electrons. The Morgan fingerprint density at radius 3 is 3.06 bits per heavy atom. The smallest absolute Gasteiger partial charge is 0.356 e. The Bertz CT molecular complexity index is 559. The molecule has 0 aliphatic carbocycles. The zero-order valence-corrected chi connectivity index (χ0v) is 10.6. The molecule has 6 nitrogen and oxygen atoms in total. The lowest BCUT2D eigenvalue weighted by Gasteiger charge is -2.02. The number of hydrogen-bond acceptors (Lipinski definition) is 5. The highest BCUT2D eigenvalue weighted by atomic mass is 32.1. The zero-order chi connectivity index (χ0) is 13.0. The van der Waals surface area contributed by atoms with E-state index in [2.05, 4.69) is 10.3 Å². The molecule has 0 fully saturated rings. The molecule has 0 unspecified atom stereocenters. The number of carbonyl (C=O) groups excluding carboxylic acids is 1. The third kappa shape index (κ3) is 2.95. The Morgan fingerprint density at radius 1 is 1.61 bits per heavy atom. The molecule has 2 aromatic heterocycles. The molecule has 2 N–H and O–H groups in total. The van der Waals surface area contributed by atoms with E-state index in [1.54, 1.807) is 18.3 Å². The van der Waals surface area contributed by atoms with Crippen molar-refractivity contribution in [2.45, 2.75) is 13.5 Å². The van der Waals surface area contributed by atoms with Gasteiger partial charge in [-0.3, -0.25) is 4.68 Å². The van der Waals surface area contributed by atoms with E-state index < -0.39 is 5.97 Å². The van der Waals surface area contributed by atoms with Crippen LogP contribution in [0.25, 0.3) is 0 Å². The molecule has 7 heteroatoms. The van der Waals surface area contributed by atoms with E-state index in [0.717, 1.165) is 10.6 Å². The maximum absolute atomic E-state index is 11.5. The van der Waals surface area contributed by atoms with Crippen LogP contribution in [0.2, 0.25) is 0 Å². The minimum atomic E-state index is -0.513. The molecule has 0 aliphatic heterocycles. The van der Waals surface area contributed by atoms with Gasteiger partial charge in [0.25, 0.3) is 0 Å². The lowest BCUT2D eigenvalue weighted by Crippen LogP contribution is -2.17. The Kier molecular flexibility index (Phi) is 3.73. The standard InChI is InChI=1S/C11H12N4O2S/c1-8-4-5-13-15(8)7-10(16)17-14-11(12)9-3-2-6-18-9/h2-6H,7H2,1H3,(H2,12,14). The number of carbonyl (C=O) groups is 1. The molecule has 0 aliphatic rings. The number of nitrogens with zero attached hydrogens (tertiary/aromatic N) is 3. The minimum Gasteiger partial charge on any atom is -0.380 e. The molecule has 0 amide bonds. The van der Waals surface area contributed by atoms with Gasteiger partial charge in [-0.1, -0.05) is 11.2 Å². The van der Waals surface area contributed by atoms with E-state index in [1.165, 1.54) is 16.0 Å². The van der Waals surface area contributed by atoms with Crippen LogP contribution in [0.3, 0.4) is 0 Å². The zero-order valence-electron chi connectivity index (χ0n) is 9.74. The van der Waals surface area contributed by atoms with Crippen LogP contribution in [0.4, 0.5) is 0 Å². The van der Waals surface area contributed by atoms with Crippen molar-refractivity contribution < 1.29 is 9.63 Å². The van der Waals surface area contributed by atoms with Gasteiger partial charge in [0.2, 0.25) is 0 Å². The van der Waals surface area contributed by atoms with Gasteiger partial charge in [0.05, 0.1) is 4.88 Å². The summed E-state index contributed by atoms with van der Waals surface area (Å²) in [6.45, 7) is 1.86. The lowest BCUT2D eigenvalue weighted by atomic mass is 10.4. The van der Waals surface area contributed by atoms with Gasteiger partial charge in [0, 0.05) is 11.9 Å². The molecule has 0 saturated carbocycles. The molecule has 0 bridgehead atoms. The second kappa shape index (κ2) is 5.46. The molecule has 0 atom stereocenters. The fourth-order valence-corrected chi connectivity index (χ4v) is 1.90. The number of aromatic nitrogens is 2. The first-order chi connectivity index (χ1) is 8.66. The van der Waals surface area contributed by atoms with E-state index in [9.17, 15) is 4.79 Å². The Hall–Kier alpha value is -2.15. The fourth-order valence-electron chi connectivity index (χ4n) is 1.28. The predicted octanol–water partition coefficient (Wildman–Crippen LogP) is 1.12. The Balaban J connectivity index is 1.93. The summed E-state index contributed by atoms with van der Waals surface area (Å²) in [4.78, 5) is 17.0.